The van der Waals surface area contributed by atoms with Crippen LogP contribution >= 0.6 is 0 Å². The lowest BCUT2D eigenvalue weighted by Crippen LogP contribution is -2.29. The van der Waals surface area contributed by atoms with Crippen molar-refractivity contribution in [1.82, 2.24) is 0 Å². The molecular weight excluding hydrogens is 360 g/mol. The van der Waals surface area contributed by atoms with E-state index in [1.54, 1.807) is 4.90 Å². The van der Waals surface area contributed by atoms with Gasteiger partial charge in [0.05, 0.1) is 13.0 Å². The molecule has 1 N–H and O–H groups in total. The van der Waals surface area contributed by atoms with Gasteiger partial charge in [-0.15, -0.1) is 0 Å². The third-order valence-corrected chi connectivity index (χ3v) is 4.70. The van der Waals surface area contributed by atoms with Crippen molar-refractivity contribution in [3.8, 4) is 0 Å². The Morgan fingerprint density at radius 1 is 0.862 bits per heavy atom. The van der Waals surface area contributed by atoms with Gasteiger partial charge in [-0.25, -0.2) is 0 Å². The Bertz CT molecular complexity index is 966. The van der Waals surface area contributed by atoms with E-state index in [2.05, 4.69) is 11.4 Å². The standard InChI is InChI=1S/C25H26N2O2/c1-3-25(29)27(18-21-9-7-8-19(2)16-21)23-14-12-20(13-15-23)17-24(28)26-22-10-5-4-6-11-22/h4-16H,3,17-18H2,1-2H3,(H,26,28). The number of carbonyl (C=O) groups excluding carboxylic acids is 2. The van der Waals surface area contributed by atoms with Crippen molar-refractivity contribution in [3.63, 3.8) is 0 Å². The fourth-order valence-corrected chi connectivity index (χ4v) is 3.21. The highest BCUT2D eigenvalue weighted by atomic mass is 16.2. The molecule has 0 spiro atoms. The van der Waals surface area contributed by atoms with Gasteiger partial charge < -0.3 is 10.2 Å². The molecule has 0 unspecified atom stereocenters. The van der Waals surface area contributed by atoms with Gasteiger partial charge in [-0.1, -0.05) is 67.1 Å². The van der Waals surface area contributed by atoms with Crippen LogP contribution in [0.25, 0.3) is 0 Å². The van der Waals surface area contributed by atoms with E-state index in [1.807, 2.05) is 86.6 Å². The van der Waals surface area contributed by atoms with Crippen LogP contribution in [0.1, 0.15) is 30.0 Å². The monoisotopic (exact) mass is 386 g/mol. The number of nitrogens with zero attached hydrogens (tertiary/aromatic N) is 1. The van der Waals surface area contributed by atoms with Crippen molar-refractivity contribution in [3.05, 3.63) is 95.6 Å². The molecule has 0 aliphatic heterocycles. The van der Waals surface area contributed by atoms with Crippen LogP contribution in [0.4, 0.5) is 11.4 Å². The number of nitrogens with one attached hydrogen (secondary N) is 1. The number of para-hydroxylation sites is 1. The highest BCUT2D eigenvalue weighted by Gasteiger charge is 2.15. The van der Waals surface area contributed by atoms with E-state index in [-0.39, 0.29) is 18.2 Å². The zero-order chi connectivity index (χ0) is 20.6. The predicted molar refractivity (Wildman–Crippen MR) is 118 cm³/mol. The molecule has 0 aliphatic carbocycles. The number of aryl methyl sites for hydroxylation is 1. The molecular formula is C25H26N2O2. The minimum absolute atomic E-state index is 0.0646. The van der Waals surface area contributed by atoms with Crippen molar-refractivity contribution in [1.29, 1.82) is 0 Å². The molecule has 3 aromatic rings. The van der Waals surface area contributed by atoms with Gasteiger partial charge in [-0.2, -0.15) is 0 Å². The van der Waals surface area contributed by atoms with Gasteiger partial charge in [0, 0.05) is 17.8 Å². The summed E-state index contributed by atoms with van der Waals surface area (Å²) in [6.45, 7) is 4.45. The molecule has 0 fully saturated rings. The van der Waals surface area contributed by atoms with Gasteiger partial charge in [0.1, 0.15) is 0 Å². The number of hydrogen-bond donors (Lipinski definition) is 1. The fourth-order valence-electron chi connectivity index (χ4n) is 3.21. The molecule has 4 nitrogen and oxygen atoms in total. The second-order valence-electron chi connectivity index (χ2n) is 7.08. The van der Waals surface area contributed by atoms with Crippen LogP contribution in [-0.2, 0) is 22.6 Å². The van der Waals surface area contributed by atoms with Crippen molar-refractivity contribution in [2.45, 2.75) is 33.2 Å². The second kappa shape index (κ2) is 9.69. The van der Waals surface area contributed by atoms with Crippen LogP contribution in [-0.4, -0.2) is 11.8 Å². The van der Waals surface area contributed by atoms with Crippen molar-refractivity contribution < 1.29 is 9.59 Å². The fraction of sp³-hybridized carbons (Fsp3) is 0.200. The summed E-state index contributed by atoms with van der Waals surface area (Å²) in [4.78, 5) is 26.6. The quantitative estimate of drug-likeness (QED) is 0.613. The van der Waals surface area contributed by atoms with Crippen LogP contribution in [0.3, 0.4) is 0 Å². The van der Waals surface area contributed by atoms with E-state index in [1.165, 1.54) is 5.56 Å². The number of benzene rings is 3. The maximum absolute atomic E-state index is 12.5. The number of amides is 2. The van der Waals surface area contributed by atoms with E-state index < -0.39 is 0 Å². The SMILES string of the molecule is CCC(=O)N(Cc1cccc(C)c1)c1ccc(CC(=O)Nc2ccccc2)cc1. The topological polar surface area (TPSA) is 49.4 Å². The Labute approximate surface area is 172 Å². The summed E-state index contributed by atoms with van der Waals surface area (Å²) in [5.74, 6) is 0.00581. The Hall–Kier alpha value is -3.40. The van der Waals surface area contributed by atoms with Gasteiger partial charge in [0.25, 0.3) is 0 Å². The lowest BCUT2D eigenvalue weighted by Gasteiger charge is -2.23. The summed E-state index contributed by atoms with van der Waals surface area (Å²) < 4.78 is 0. The molecule has 0 radical (unpaired) electrons. The molecule has 0 saturated carbocycles. The molecule has 3 aromatic carbocycles. The van der Waals surface area contributed by atoms with Crippen LogP contribution in [0, 0.1) is 6.92 Å². The minimum atomic E-state index is -0.0646. The Morgan fingerprint density at radius 2 is 1.59 bits per heavy atom. The van der Waals surface area contributed by atoms with Crippen molar-refractivity contribution in [2.24, 2.45) is 0 Å². The van der Waals surface area contributed by atoms with E-state index in [4.69, 9.17) is 0 Å². The zero-order valence-corrected chi connectivity index (χ0v) is 16.9. The van der Waals surface area contributed by atoms with E-state index in [9.17, 15) is 9.59 Å². The Kier molecular flexibility index (Phi) is 6.80. The first-order chi connectivity index (χ1) is 14.0. The van der Waals surface area contributed by atoms with Crippen LogP contribution in [0.15, 0.2) is 78.9 Å². The third kappa shape index (κ3) is 5.79. The molecule has 0 bridgehead atoms. The largest absolute Gasteiger partial charge is 0.326 e. The van der Waals surface area contributed by atoms with E-state index in [0.717, 1.165) is 22.5 Å². The molecule has 29 heavy (non-hydrogen) atoms. The summed E-state index contributed by atoms with van der Waals surface area (Å²) >= 11 is 0. The van der Waals surface area contributed by atoms with Crippen LogP contribution in [0.5, 0.6) is 0 Å². The highest BCUT2D eigenvalue weighted by Crippen LogP contribution is 2.20. The molecule has 148 valence electrons. The number of rotatable bonds is 7. The summed E-state index contributed by atoms with van der Waals surface area (Å²) in [5, 5.41) is 2.89. The first-order valence-corrected chi connectivity index (χ1v) is 9.85. The second-order valence-corrected chi connectivity index (χ2v) is 7.08. The van der Waals surface area contributed by atoms with Gasteiger partial charge in [-0.3, -0.25) is 9.59 Å². The molecule has 0 saturated heterocycles. The molecule has 0 atom stereocenters. The minimum Gasteiger partial charge on any atom is -0.326 e. The van der Waals surface area contributed by atoms with E-state index in [0.29, 0.717) is 13.0 Å². The first kappa shape index (κ1) is 20.3. The number of hydrogen-bond acceptors (Lipinski definition) is 2. The van der Waals surface area contributed by atoms with Crippen molar-refractivity contribution in [2.75, 3.05) is 10.2 Å². The van der Waals surface area contributed by atoms with Crippen LogP contribution in [0.2, 0.25) is 0 Å². The van der Waals surface area contributed by atoms with Crippen molar-refractivity contribution >= 4 is 23.2 Å². The molecule has 4 heteroatoms. The molecule has 3 rings (SSSR count). The molecule has 2 amide bonds. The maximum Gasteiger partial charge on any atom is 0.228 e. The Balaban J connectivity index is 1.70. The van der Waals surface area contributed by atoms with Gasteiger partial charge in [0.15, 0.2) is 0 Å². The summed E-state index contributed by atoms with van der Waals surface area (Å²) in [6.07, 6.45) is 0.724. The Morgan fingerprint density at radius 3 is 2.24 bits per heavy atom. The van der Waals surface area contributed by atoms with E-state index >= 15 is 0 Å². The van der Waals surface area contributed by atoms with Crippen LogP contribution < -0.4 is 10.2 Å². The average molecular weight is 386 g/mol. The zero-order valence-electron chi connectivity index (χ0n) is 16.9. The molecule has 0 aromatic heterocycles. The summed E-state index contributed by atoms with van der Waals surface area (Å²) in [5.41, 5.74) is 4.79. The number of anilines is 2. The maximum atomic E-state index is 12.5. The summed E-state index contributed by atoms with van der Waals surface area (Å²) in [6, 6.07) is 25.2. The smallest absolute Gasteiger partial charge is 0.228 e. The first-order valence-electron chi connectivity index (χ1n) is 9.85. The molecule has 0 heterocycles. The summed E-state index contributed by atoms with van der Waals surface area (Å²) in [7, 11) is 0. The highest BCUT2D eigenvalue weighted by molar-refractivity contribution is 5.94. The molecule has 0 aliphatic rings. The average Bonchev–Trinajstić information content (AvgIpc) is 2.73. The third-order valence-electron chi connectivity index (χ3n) is 4.70. The predicted octanol–water partition coefficient (Wildman–Crippen LogP) is 5.12. The lowest BCUT2D eigenvalue weighted by molar-refractivity contribution is -0.118. The normalized spacial score (nSPS) is 10.4. The van der Waals surface area contributed by atoms with Gasteiger partial charge in [-0.05, 0) is 42.3 Å². The van der Waals surface area contributed by atoms with Gasteiger partial charge >= 0.3 is 0 Å². The van der Waals surface area contributed by atoms with Gasteiger partial charge in [0.2, 0.25) is 11.8 Å². The number of carbonyl (C=O) groups is 2. The lowest BCUT2D eigenvalue weighted by atomic mass is 10.1.